The predicted octanol–water partition coefficient (Wildman–Crippen LogP) is 2.05. The molecule has 11 heavy (non-hydrogen) atoms. The average molecular weight is 267 g/mol. The monoisotopic (exact) mass is 267 g/mol. The van der Waals surface area contributed by atoms with Crippen molar-refractivity contribution in [3.63, 3.8) is 0 Å². The molecule has 4 heteroatoms. The second kappa shape index (κ2) is 4.58. The number of halogens is 1. The van der Waals surface area contributed by atoms with E-state index in [9.17, 15) is 0 Å². The van der Waals surface area contributed by atoms with Gasteiger partial charge >= 0.3 is 0 Å². The molecule has 0 atom stereocenters. The zero-order valence-electron chi connectivity index (χ0n) is 6.34. The number of hydrogen-bond donors (Lipinski definition) is 0. The minimum atomic E-state index is 0.563. The van der Waals surface area contributed by atoms with E-state index in [2.05, 4.69) is 27.7 Å². The van der Waals surface area contributed by atoms with Gasteiger partial charge in [0.05, 0.1) is 7.11 Å². The molecule has 0 saturated carbocycles. The predicted molar refractivity (Wildman–Crippen MR) is 50.3 cm³/mol. The van der Waals surface area contributed by atoms with Crippen LogP contribution in [0.15, 0.2) is 10.6 Å². The summed E-state index contributed by atoms with van der Waals surface area (Å²) in [7, 11) is 1.58. The molecule has 0 aliphatic carbocycles. The molecule has 1 rings (SSSR count). The van der Waals surface area contributed by atoms with Crippen molar-refractivity contribution in [2.24, 2.45) is 0 Å². The Hall–Kier alpha value is -0.260. The van der Waals surface area contributed by atoms with Crippen LogP contribution in [0.1, 0.15) is 12.2 Å². The van der Waals surface area contributed by atoms with E-state index in [0.717, 1.165) is 23.0 Å². The van der Waals surface area contributed by atoms with Crippen molar-refractivity contribution >= 4 is 22.6 Å². The Morgan fingerprint density at radius 2 is 2.55 bits per heavy atom. The maximum absolute atomic E-state index is 4.98. The van der Waals surface area contributed by atoms with Crippen molar-refractivity contribution in [2.75, 3.05) is 11.5 Å². The number of ether oxygens (including phenoxy) is 1. The number of aryl methyl sites for hydroxylation is 1. The molecular formula is C7H10INO2. The summed E-state index contributed by atoms with van der Waals surface area (Å²) in [5, 5.41) is 3.69. The lowest BCUT2D eigenvalue weighted by molar-refractivity contribution is 0.326. The Bertz CT molecular complexity index is 212. The molecule has 0 amide bonds. The fourth-order valence-electron chi connectivity index (χ4n) is 0.749. The second-order valence-electron chi connectivity index (χ2n) is 2.13. The molecule has 0 fully saturated rings. The summed E-state index contributed by atoms with van der Waals surface area (Å²) in [5.41, 5.74) is 0. The van der Waals surface area contributed by atoms with Gasteiger partial charge in [0, 0.05) is 12.5 Å². The molecule has 0 aliphatic heterocycles. The molecule has 0 spiro atoms. The number of hydrogen-bond acceptors (Lipinski definition) is 3. The Balaban J connectivity index is 2.44. The van der Waals surface area contributed by atoms with Crippen LogP contribution in [0.2, 0.25) is 0 Å². The normalized spacial score (nSPS) is 10.0. The Labute approximate surface area is 79.2 Å². The van der Waals surface area contributed by atoms with E-state index in [1.807, 2.05) is 6.07 Å². The van der Waals surface area contributed by atoms with E-state index < -0.39 is 0 Å². The summed E-state index contributed by atoms with van der Waals surface area (Å²) in [4.78, 5) is 0. The van der Waals surface area contributed by atoms with Crippen molar-refractivity contribution in [1.82, 2.24) is 5.16 Å². The molecule has 0 aliphatic rings. The summed E-state index contributed by atoms with van der Waals surface area (Å²) >= 11 is 2.34. The standard InChI is InChI=1S/C7H10INO2/c1-10-7-5-6(11-9-7)3-2-4-8/h5H,2-4H2,1H3. The minimum Gasteiger partial charge on any atom is -0.479 e. The minimum absolute atomic E-state index is 0.563. The third-order valence-corrected chi connectivity index (χ3v) is 2.07. The van der Waals surface area contributed by atoms with Gasteiger partial charge in [-0.1, -0.05) is 22.6 Å². The van der Waals surface area contributed by atoms with Gasteiger partial charge < -0.3 is 9.26 Å². The molecule has 1 heterocycles. The van der Waals surface area contributed by atoms with Gasteiger partial charge in [-0.2, -0.15) is 0 Å². The lowest BCUT2D eigenvalue weighted by atomic mass is 10.3. The van der Waals surface area contributed by atoms with Crippen molar-refractivity contribution in [3.05, 3.63) is 11.8 Å². The van der Waals surface area contributed by atoms with Gasteiger partial charge in [0.1, 0.15) is 5.76 Å². The molecule has 0 N–H and O–H groups in total. The van der Waals surface area contributed by atoms with Gasteiger partial charge in [-0.15, -0.1) is 0 Å². The highest BCUT2D eigenvalue weighted by molar-refractivity contribution is 14.1. The first-order chi connectivity index (χ1) is 5.36. The molecular weight excluding hydrogens is 257 g/mol. The number of aromatic nitrogens is 1. The summed E-state index contributed by atoms with van der Waals surface area (Å²) in [6.07, 6.45) is 2.07. The van der Waals surface area contributed by atoms with Crippen molar-refractivity contribution in [3.8, 4) is 5.88 Å². The van der Waals surface area contributed by atoms with Crippen LogP contribution in [-0.4, -0.2) is 16.7 Å². The van der Waals surface area contributed by atoms with Crippen LogP contribution < -0.4 is 4.74 Å². The highest BCUT2D eigenvalue weighted by Gasteiger charge is 2.01. The zero-order chi connectivity index (χ0) is 8.10. The van der Waals surface area contributed by atoms with Crippen LogP contribution in [0.3, 0.4) is 0 Å². The average Bonchev–Trinajstić information content (AvgIpc) is 2.48. The SMILES string of the molecule is COc1cc(CCCI)on1. The maximum Gasteiger partial charge on any atom is 0.254 e. The van der Waals surface area contributed by atoms with E-state index in [4.69, 9.17) is 9.26 Å². The molecule has 1 aromatic rings. The van der Waals surface area contributed by atoms with E-state index in [-0.39, 0.29) is 0 Å². The van der Waals surface area contributed by atoms with Crippen LogP contribution in [0, 0.1) is 0 Å². The van der Waals surface area contributed by atoms with Crippen LogP contribution >= 0.6 is 22.6 Å². The van der Waals surface area contributed by atoms with Gasteiger partial charge in [0.25, 0.3) is 5.88 Å². The zero-order valence-corrected chi connectivity index (χ0v) is 8.50. The highest BCUT2D eigenvalue weighted by atomic mass is 127. The highest BCUT2D eigenvalue weighted by Crippen LogP contribution is 2.12. The molecule has 0 saturated heterocycles. The summed E-state index contributed by atoms with van der Waals surface area (Å²) in [6.45, 7) is 0. The van der Waals surface area contributed by atoms with Crippen LogP contribution in [0.5, 0.6) is 5.88 Å². The van der Waals surface area contributed by atoms with Crippen LogP contribution in [0.25, 0.3) is 0 Å². The quantitative estimate of drug-likeness (QED) is 0.618. The smallest absolute Gasteiger partial charge is 0.254 e. The van der Waals surface area contributed by atoms with Crippen LogP contribution in [-0.2, 0) is 6.42 Å². The van der Waals surface area contributed by atoms with E-state index in [1.54, 1.807) is 7.11 Å². The largest absolute Gasteiger partial charge is 0.479 e. The third-order valence-electron chi connectivity index (χ3n) is 1.30. The first kappa shape index (κ1) is 8.83. The molecule has 3 nitrogen and oxygen atoms in total. The summed E-state index contributed by atoms with van der Waals surface area (Å²) in [5.74, 6) is 1.46. The van der Waals surface area contributed by atoms with Crippen molar-refractivity contribution < 1.29 is 9.26 Å². The second-order valence-corrected chi connectivity index (χ2v) is 3.21. The summed E-state index contributed by atoms with van der Waals surface area (Å²) < 4.78 is 11.0. The lowest BCUT2D eigenvalue weighted by Gasteiger charge is -1.87. The Kier molecular flexibility index (Phi) is 3.68. The van der Waals surface area contributed by atoms with Crippen molar-refractivity contribution in [1.29, 1.82) is 0 Å². The maximum atomic E-state index is 4.98. The molecule has 0 unspecified atom stereocenters. The molecule has 62 valence electrons. The fraction of sp³-hybridized carbons (Fsp3) is 0.571. The molecule has 1 aromatic heterocycles. The number of methoxy groups -OCH3 is 1. The molecule has 0 aromatic carbocycles. The van der Waals surface area contributed by atoms with Gasteiger partial charge in [-0.05, 0) is 16.0 Å². The van der Waals surface area contributed by atoms with Gasteiger partial charge in [0.2, 0.25) is 0 Å². The fourth-order valence-corrected chi connectivity index (χ4v) is 1.13. The Morgan fingerprint density at radius 1 is 1.73 bits per heavy atom. The van der Waals surface area contributed by atoms with Gasteiger partial charge in [-0.3, -0.25) is 0 Å². The Morgan fingerprint density at radius 3 is 3.09 bits per heavy atom. The number of rotatable bonds is 4. The van der Waals surface area contributed by atoms with Gasteiger partial charge in [-0.25, -0.2) is 0 Å². The van der Waals surface area contributed by atoms with Crippen molar-refractivity contribution in [2.45, 2.75) is 12.8 Å². The lowest BCUT2D eigenvalue weighted by Crippen LogP contribution is -1.81. The molecule has 0 bridgehead atoms. The number of nitrogens with zero attached hydrogens (tertiary/aromatic N) is 1. The van der Waals surface area contributed by atoms with E-state index in [1.165, 1.54) is 0 Å². The van der Waals surface area contributed by atoms with E-state index in [0.29, 0.717) is 5.88 Å². The first-order valence-corrected chi connectivity index (χ1v) is 4.95. The van der Waals surface area contributed by atoms with Crippen LogP contribution in [0.4, 0.5) is 0 Å². The first-order valence-electron chi connectivity index (χ1n) is 3.42. The third kappa shape index (κ3) is 2.69. The van der Waals surface area contributed by atoms with Gasteiger partial charge in [0.15, 0.2) is 0 Å². The van der Waals surface area contributed by atoms with E-state index >= 15 is 0 Å². The topological polar surface area (TPSA) is 35.3 Å². The number of alkyl halides is 1. The molecule has 0 radical (unpaired) electrons. The summed E-state index contributed by atoms with van der Waals surface area (Å²) in [6, 6.07) is 1.83.